The second-order valence-corrected chi connectivity index (χ2v) is 4.20. The molecule has 0 aliphatic heterocycles. The van der Waals surface area contributed by atoms with Gasteiger partial charge in [-0.2, -0.15) is 4.98 Å². The number of hydrogen-bond donors (Lipinski definition) is 1. The van der Waals surface area contributed by atoms with E-state index < -0.39 is 4.92 Å². The monoisotopic (exact) mass is 270 g/mol. The summed E-state index contributed by atoms with van der Waals surface area (Å²) in [5.41, 5.74) is -0.270. The van der Waals surface area contributed by atoms with Crippen molar-refractivity contribution < 1.29 is 14.4 Å². The molecule has 0 fully saturated rings. The maximum Gasteiger partial charge on any atom is 0.372 e. The number of rotatable bonds is 8. The Bertz CT molecular complexity index is 425. The number of hydrogen-bond acceptors (Lipinski definition) is 7. The van der Waals surface area contributed by atoms with Crippen molar-refractivity contribution in [2.75, 3.05) is 32.2 Å². The van der Waals surface area contributed by atoms with Crippen LogP contribution in [0.5, 0.6) is 5.88 Å². The molecule has 0 radical (unpaired) electrons. The Hall–Kier alpha value is -1.96. The third-order valence-electron chi connectivity index (χ3n) is 2.13. The average Bonchev–Trinajstić information content (AvgIpc) is 2.37. The van der Waals surface area contributed by atoms with Gasteiger partial charge in [-0.1, -0.05) is 13.8 Å². The van der Waals surface area contributed by atoms with Gasteiger partial charge in [0.2, 0.25) is 5.82 Å². The Balaban J connectivity index is 2.60. The Morgan fingerprint density at radius 2 is 2.16 bits per heavy atom. The zero-order valence-electron chi connectivity index (χ0n) is 11.3. The van der Waals surface area contributed by atoms with Gasteiger partial charge in [0, 0.05) is 13.7 Å². The van der Waals surface area contributed by atoms with Gasteiger partial charge in [0.15, 0.2) is 0 Å². The van der Waals surface area contributed by atoms with E-state index in [0.717, 1.165) is 0 Å². The Labute approximate surface area is 111 Å². The lowest BCUT2D eigenvalue weighted by molar-refractivity contribution is -0.385. The van der Waals surface area contributed by atoms with Crippen molar-refractivity contribution in [2.45, 2.75) is 13.8 Å². The minimum Gasteiger partial charge on any atom is -0.470 e. The molecule has 1 rings (SSSR count). The summed E-state index contributed by atoms with van der Waals surface area (Å²) >= 11 is 0. The zero-order valence-corrected chi connectivity index (χ0v) is 11.3. The fourth-order valence-electron chi connectivity index (χ4n) is 1.33. The summed E-state index contributed by atoms with van der Waals surface area (Å²) in [6.45, 7) is 5.25. The maximum atomic E-state index is 11.0. The summed E-state index contributed by atoms with van der Waals surface area (Å²) in [6, 6.07) is 0. The molecule has 0 aliphatic rings. The molecule has 0 aromatic carbocycles. The van der Waals surface area contributed by atoms with Crippen LogP contribution in [-0.4, -0.2) is 41.8 Å². The van der Waals surface area contributed by atoms with Crippen LogP contribution < -0.4 is 10.1 Å². The Morgan fingerprint density at radius 1 is 1.42 bits per heavy atom. The van der Waals surface area contributed by atoms with E-state index in [9.17, 15) is 10.1 Å². The van der Waals surface area contributed by atoms with Crippen LogP contribution in [0.3, 0.4) is 0 Å². The van der Waals surface area contributed by atoms with Crippen molar-refractivity contribution in [3.8, 4) is 5.88 Å². The van der Waals surface area contributed by atoms with E-state index in [4.69, 9.17) is 9.47 Å². The van der Waals surface area contributed by atoms with Crippen LogP contribution in [0.2, 0.25) is 0 Å². The van der Waals surface area contributed by atoms with E-state index in [-0.39, 0.29) is 24.0 Å². The molecule has 106 valence electrons. The number of nitrogens with one attached hydrogen (secondary N) is 1. The highest BCUT2D eigenvalue weighted by Crippen LogP contribution is 2.30. The molecule has 0 aliphatic carbocycles. The number of ether oxygens (including phenoxy) is 2. The summed E-state index contributed by atoms with van der Waals surface area (Å²) in [7, 11) is 1.55. The SMILES string of the molecule is CNc1ncnc(OCCOCC(C)C)c1[N+](=O)[O-]. The van der Waals surface area contributed by atoms with Crippen LogP contribution in [0, 0.1) is 16.0 Å². The molecule has 1 aromatic heterocycles. The van der Waals surface area contributed by atoms with Gasteiger partial charge >= 0.3 is 5.69 Å². The smallest absolute Gasteiger partial charge is 0.372 e. The summed E-state index contributed by atoms with van der Waals surface area (Å²) in [5, 5.41) is 13.6. The summed E-state index contributed by atoms with van der Waals surface area (Å²) in [4.78, 5) is 17.9. The van der Waals surface area contributed by atoms with Gasteiger partial charge in [-0.25, -0.2) is 4.98 Å². The van der Waals surface area contributed by atoms with E-state index in [1.54, 1.807) is 7.05 Å². The zero-order chi connectivity index (χ0) is 14.3. The highest BCUT2D eigenvalue weighted by atomic mass is 16.6. The molecule has 0 bridgehead atoms. The van der Waals surface area contributed by atoms with Crippen LogP contribution in [0.1, 0.15) is 13.8 Å². The normalized spacial score (nSPS) is 10.5. The first-order valence-corrected chi connectivity index (χ1v) is 5.94. The molecule has 0 atom stereocenters. The first kappa shape index (κ1) is 15.1. The molecule has 8 heteroatoms. The first-order chi connectivity index (χ1) is 9.06. The van der Waals surface area contributed by atoms with Crippen molar-refractivity contribution in [1.82, 2.24) is 9.97 Å². The van der Waals surface area contributed by atoms with Gasteiger partial charge in [0.1, 0.15) is 12.9 Å². The molecule has 8 nitrogen and oxygen atoms in total. The largest absolute Gasteiger partial charge is 0.470 e. The maximum absolute atomic E-state index is 11.0. The lowest BCUT2D eigenvalue weighted by Crippen LogP contribution is -2.12. The summed E-state index contributed by atoms with van der Waals surface area (Å²) < 4.78 is 10.6. The fraction of sp³-hybridized carbons (Fsp3) is 0.636. The van der Waals surface area contributed by atoms with Gasteiger partial charge in [0.25, 0.3) is 5.88 Å². The fourth-order valence-corrected chi connectivity index (χ4v) is 1.33. The van der Waals surface area contributed by atoms with Crippen molar-refractivity contribution in [2.24, 2.45) is 5.92 Å². The molecule has 1 N–H and O–H groups in total. The number of aromatic nitrogens is 2. The third kappa shape index (κ3) is 4.66. The first-order valence-electron chi connectivity index (χ1n) is 5.94. The minimum absolute atomic E-state index is 0.0579. The third-order valence-corrected chi connectivity index (χ3v) is 2.13. The second-order valence-electron chi connectivity index (χ2n) is 4.20. The minimum atomic E-state index is -0.573. The van der Waals surface area contributed by atoms with Gasteiger partial charge in [-0.05, 0) is 5.92 Å². The molecule has 0 spiro atoms. The van der Waals surface area contributed by atoms with Crippen molar-refractivity contribution in [1.29, 1.82) is 0 Å². The van der Waals surface area contributed by atoms with Gasteiger partial charge < -0.3 is 14.8 Å². The van der Waals surface area contributed by atoms with E-state index in [2.05, 4.69) is 15.3 Å². The lowest BCUT2D eigenvalue weighted by atomic mass is 10.2. The molecule has 0 saturated heterocycles. The number of nitrogens with zero attached hydrogens (tertiary/aromatic N) is 3. The van der Waals surface area contributed by atoms with E-state index in [0.29, 0.717) is 19.1 Å². The van der Waals surface area contributed by atoms with E-state index in [1.165, 1.54) is 6.33 Å². The predicted octanol–water partition coefficient (Wildman–Crippen LogP) is 1.48. The number of anilines is 1. The average molecular weight is 270 g/mol. The van der Waals surface area contributed by atoms with Gasteiger partial charge in [0.05, 0.1) is 11.5 Å². The molecule has 1 aromatic rings. The van der Waals surface area contributed by atoms with Crippen LogP contribution in [0.25, 0.3) is 0 Å². The van der Waals surface area contributed by atoms with Crippen LogP contribution >= 0.6 is 0 Å². The standard InChI is InChI=1S/C11H18N4O4/c1-8(2)6-18-4-5-19-11-9(15(16)17)10(12-3)13-7-14-11/h7-8H,4-6H2,1-3H3,(H,12,13,14). The molecule has 0 saturated carbocycles. The van der Waals surface area contributed by atoms with Crippen LogP contribution in [0.4, 0.5) is 11.5 Å². The quantitative estimate of drug-likeness (QED) is 0.434. The molecular formula is C11H18N4O4. The molecule has 0 unspecified atom stereocenters. The molecular weight excluding hydrogens is 252 g/mol. The highest BCUT2D eigenvalue weighted by Gasteiger charge is 2.23. The van der Waals surface area contributed by atoms with Crippen molar-refractivity contribution in [3.05, 3.63) is 16.4 Å². The lowest BCUT2D eigenvalue weighted by Gasteiger charge is -2.09. The van der Waals surface area contributed by atoms with Crippen LogP contribution in [-0.2, 0) is 4.74 Å². The van der Waals surface area contributed by atoms with E-state index >= 15 is 0 Å². The summed E-state index contributed by atoms with van der Waals surface area (Å²) in [6.07, 6.45) is 1.21. The number of nitro groups is 1. The Kier molecular flexibility index (Phi) is 5.94. The summed E-state index contributed by atoms with van der Waals surface area (Å²) in [5.74, 6) is 0.500. The van der Waals surface area contributed by atoms with E-state index in [1.807, 2.05) is 13.8 Å². The highest BCUT2D eigenvalue weighted by molar-refractivity contribution is 5.60. The molecule has 0 amide bonds. The molecule has 1 heterocycles. The van der Waals surface area contributed by atoms with Crippen molar-refractivity contribution in [3.63, 3.8) is 0 Å². The second kappa shape index (κ2) is 7.47. The van der Waals surface area contributed by atoms with Crippen molar-refractivity contribution >= 4 is 11.5 Å². The van der Waals surface area contributed by atoms with Crippen LogP contribution in [0.15, 0.2) is 6.33 Å². The van der Waals surface area contributed by atoms with Gasteiger partial charge in [-0.15, -0.1) is 0 Å². The molecule has 19 heavy (non-hydrogen) atoms. The Morgan fingerprint density at radius 3 is 2.74 bits per heavy atom. The predicted molar refractivity (Wildman–Crippen MR) is 69.4 cm³/mol. The topological polar surface area (TPSA) is 99.4 Å². The van der Waals surface area contributed by atoms with Gasteiger partial charge in [-0.3, -0.25) is 10.1 Å².